The van der Waals surface area contributed by atoms with Crippen LogP contribution in [0.25, 0.3) is 0 Å². The number of methoxy groups -OCH3 is 1. The molecule has 2 rings (SSSR count). The van der Waals surface area contributed by atoms with Gasteiger partial charge in [-0.3, -0.25) is 14.3 Å². The Balaban J connectivity index is 2.33. The number of rotatable bonds is 6. The first-order valence-corrected chi connectivity index (χ1v) is 7.18. The Hall–Kier alpha value is -1.39. The van der Waals surface area contributed by atoms with Gasteiger partial charge >= 0.3 is 5.69 Å². The molecule has 1 aromatic heterocycles. The summed E-state index contributed by atoms with van der Waals surface area (Å²) in [4.78, 5) is 25.6. The monoisotopic (exact) mass is 330 g/mol. The molecule has 22 heavy (non-hydrogen) atoms. The second-order valence-electron chi connectivity index (χ2n) is 4.92. The molecular weight excluding hydrogens is 312 g/mol. The van der Waals surface area contributed by atoms with Crippen LogP contribution >= 0.6 is 12.2 Å². The maximum absolute atomic E-state index is 12.0. The van der Waals surface area contributed by atoms with Gasteiger partial charge < -0.3 is 19.3 Å². The van der Waals surface area contributed by atoms with E-state index in [0.717, 1.165) is 0 Å². The number of thiocarbonyl (C=S) groups is 1. The van der Waals surface area contributed by atoms with Crippen LogP contribution in [0, 0.1) is 6.92 Å². The SMILES string of the molecule is COCCO[C@@H]1[C@H](O)[C@@H](C=S)O[C@H]1n1cc(C)c(=O)[nH]c1=O. The van der Waals surface area contributed by atoms with E-state index < -0.39 is 35.8 Å². The van der Waals surface area contributed by atoms with Gasteiger partial charge in [0.1, 0.15) is 18.3 Å². The summed E-state index contributed by atoms with van der Waals surface area (Å²) in [5.41, 5.74) is -0.764. The van der Waals surface area contributed by atoms with E-state index in [1.807, 2.05) is 0 Å². The molecule has 122 valence electrons. The lowest BCUT2D eigenvalue weighted by Gasteiger charge is -2.22. The van der Waals surface area contributed by atoms with Crippen LogP contribution in [0.2, 0.25) is 0 Å². The summed E-state index contributed by atoms with van der Waals surface area (Å²) in [7, 11) is 1.53. The summed E-state index contributed by atoms with van der Waals surface area (Å²) in [6.07, 6.45) is -2.08. The fourth-order valence-corrected chi connectivity index (χ4v) is 2.46. The molecule has 0 spiro atoms. The zero-order valence-electron chi connectivity index (χ0n) is 12.2. The first-order chi connectivity index (χ1) is 10.5. The predicted octanol–water partition coefficient (Wildman–Crippen LogP) is -0.865. The van der Waals surface area contributed by atoms with Gasteiger partial charge in [-0.1, -0.05) is 12.2 Å². The van der Waals surface area contributed by atoms with Gasteiger partial charge in [-0.2, -0.15) is 0 Å². The van der Waals surface area contributed by atoms with E-state index in [1.165, 1.54) is 23.2 Å². The van der Waals surface area contributed by atoms with Crippen LogP contribution in [0.1, 0.15) is 11.8 Å². The molecule has 1 fully saturated rings. The van der Waals surface area contributed by atoms with Crippen molar-refractivity contribution >= 4 is 17.6 Å². The van der Waals surface area contributed by atoms with Crippen LogP contribution in [0.15, 0.2) is 15.8 Å². The molecule has 0 bridgehead atoms. The number of ether oxygens (including phenoxy) is 3. The maximum atomic E-state index is 12.0. The molecular formula is C13H18N2O6S. The Morgan fingerprint density at radius 2 is 2.23 bits per heavy atom. The summed E-state index contributed by atoms with van der Waals surface area (Å²) in [6.45, 7) is 2.12. The van der Waals surface area contributed by atoms with Crippen LogP contribution < -0.4 is 11.2 Å². The zero-order valence-corrected chi connectivity index (χ0v) is 13.0. The van der Waals surface area contributed by atoms with E-state index in [0.29, 0.717) is 12.2 Å². The normalized spacial score (nSPS) is 28.0. The molecule has 1 aliphatic rings. The highest BCUT2D eigenvalue weighted by Crippen LogP contribution is 2.30. The van der Waals surface area contributed by atoms with Crippen molar-refractivity contribution in [2.45, 2.75) is 31.5 Å². The third-order valence-corrected chi connectivity index (χ3v) is 3.67. The number of hydrogen-bond acceptors (Lipinski definition) is 7. The third kappa shape index (κ3) is 3.33. The third-order valence-electron chi connectivity index (χ3n) is 3.40. The number of nitrogens with one attached hydrogen (secondary N) is 1. The molecule has 1 aliphatic heterocycles. The van der Waals surface area contributed by atoms with Crippen molar-refractivity contribution in [1.82, 2.24) is 9.55 Å². The number of aliphatic hydroxyl groups excluding tert-OH is 1. The average Bonchev–Trinajstić information content (AvgIpc) is 2.80. The minimum Gasteiger partial charge on any atom is -0.387 e. The minimum atomic E-state index is -1.02. The number of aliphatic hydroxyl groups is 1. The Morgan fingerprint density at radius 3 is 2.86 bits per heavy atom. The highest BCUT2D eigenvalue weighted by Gasteiger charge is 2.45. The van der Waals surface area contributed by atoms with Crippen molar-refractivity contribution in [3.8, 4) is 0 Å². The van der Waals surface area contributed by atoms with Crippen molar-refractivity contribution in [3.05, 3.63) is 32.6 Å². The van der Waals surface area contributed by atoms with Gasteiger partial charge in [-0.25, -0.2) is 4.79 Å². The Kier molecular flexibility index (Phi) is 5.59. The Morgan fingerprint density at radius 1 is 1.50 bits per heavy atom. The number of aromatic amines is 1. The molecule has 4 atom stereocenters. The first-order valence-electron chi connectivity index (χ1n) is 6.71. The maximum Gasteiger partial charge on any atom is 0.330 e. The smallest absolute Gasteiger partial charge is 0.330 e. The Labute approximate surface area is 131 Å². The fourth-order valence-electron chi connectivity index (χ4n) is 2.23. The lowest BCUT2D eigenvalue weighted by atomic mass is 10.1. The van der Waals surface area contributed by atoms with E-state index in [2.05, 4.69) is 4.98 Å². The molecule has 2 heterocycles. The molecule has 1 saturated heterocycles. The molecule has 9 heteroatoms. The molecule has 1 aromatic rings. The number of nitrogens with zero attached hydrogens (tertiary/aromatic N) is 1. The van der Waals surface area contributed by atoms with Gasteiger partial charge in [0.15, 0.2) is 6.23 Å². The van der Waals surface area contributed by atoms with Crippen molar-refractivity contribution < 1.29 is 19.3 Å². The van der Waals surface area contributed by atoms with Crippen LogP contribution in [0.5, 0.6) is 0 Å². The molecule has 2 N–H and O–H groups in total. The summed E-state index contributed by atoms with van der Waals surface area (Å²) in [5.74, 6) is 0. The largest absolute Gasteiger partial charge is 0.387 e. The van der Waals surface area contributed by atoms with Crippen LogP contribution in [0.4, 0.5) is 0 Å². The second-order valence-corrected chi connectivity index (χ2v) is 5.20. The molecule has 0 amide bonds. The summed E-state index contributed by atoms with van der Waals surface area (Å²) in [6, 6.07) is 0. The summed E-state index contributed by atoms with van der Waals surface area (Å²) < 4.78 is 17.2. The highest BCUT2D eigenvalue weighted by molar-refractivity contribution is 7.79. The topological polar surface area (TPSA) is 103 Å². The van der Waals surface area contributed by atoms with Crippen molar-refractivity contribution in [1.29, 1.82) is 0 Å². The van der Waals surface area contributed by atoms with Crippen LogP contribution in [-0.4, -0.2) is 58.7 Å². The Bertz CT molecular complexity index is 642. The van der Waals surface area contributed by atoms with E-state index in [-0.39, 0.29) is 6.61 Å². The van der Waals surface area contributed by atoms with E-state index in [9.17, 15) is 14.7 Å². The van der Waals surface area contributed by atoms with Gasteiger partial charge in [0, 0.05) is 24.2 Å². The van der Waals surface area contributed by atoms with Crippen molar-refractivity contribution in [3.63, 3.8) is 0 Å². The number of H-pyrrole nitrogens is 1. The standard InChI is InChI=1S/C13H18N2O6S/c1-7-5-15(13(18)14-11(7)17)12-10(20-4-3-19-2)9(16)8(6-22)21-12/h5-6,8-10,12,16H,3-4H2,1-2H3,(H,14,17,18)/t8-,9-,10-,12-/m1/s1. The highest BCUT2D eigenvalue weighted by atomic mass is 32.1. The van der Waals surface area contributed by atoms with Crippen molar-refractivity contribution in [2.75, 3.05) is 20.3 Å². The van der Waals surface area contributed by atoms with Gasteiger partial charge in [0.05, 0.1) is 13.2 Å². The molecule has 0 saturated carbocycles. The zero-order chi connectivity index (χ0) is 16.3. The molecule has 0 aliphatic carbocycles. The minimum absolute atomic E-state index is 0.222. The van der Waals surface area contributed by atoms with Crippen LogP contribution in [0.3, 0.4) is 0 Å². The lowest BCUT2D eigenvalue weighted by Crippen LogP contribution is -2.40. The summed E-state index contributed by atoms with van der Waals surface area (Å²) >= 11 is 4.82. The van der Waals surface area contributed by atoms with E-state index in [1.54, 1.807) is 6.92 Å². The number of aromatic nitrogens is 2. The quantitative estimate of drug-likeness (QED) is 0.516. The van der Waals surface area contributed by atoms with E-state index >= 15 is 0 Å². The fraction of sp³-hybridized carbons (Fsp3) is 0.615. The van der Waals surface area contributed by atoms with Crippen LogP contribution in [-0.2, 0) is 14.2 Å². The molecule has 0 aromatic carbocycles. The first kappa shape index (κ1) is 17.0. The average molecular weight is 330 g/mol. The van der Waals surface area contributed by atoms with Gasteiger partial charge in [-0.05, 0) is 6.92 Å². The number of aryl methyl sites for hydroxylation is 1. The van der Waals surface area contributed by atoms with Crippen molar-refractivity contribution in [2.24, 2.45) is 0 Å². The molecule has 0 unspecified atom stereocenters. The van der Waals surface area contributed by atoms with Gasteiger partial charge in [0.2, 0.25) is 0 Å². The predicted molar refractivity (Wildman–Crippen MR) is 81.2 cm³/mol. The number of hydrogen-bond donors (Lipinski definition) is 2. The molecule has 8 nitrogen and oxygen atoms in total. The van der Waals surface area contributed by atoms with Gasteiger partial charge in [0.25, 0.3) is 5.56 Å². The summed E-state index contributed by atoms with van der Waals surface area (Å²) in [5, 5.41) is 11.5. The van der Waals surface area contributed by atoms with E-state index in [4.69, 9.17) is 26.4 Å². The molecule has 0 radical (unpaired) electrons. The lowest BCUT2D eigenvalue weighted by molar-refractivity contribution is -0.0778. The second kappa shape index (κ2) is 7.25. The van der Waals surface area contributed by atoms with Gasteiger partial charge in [-0.15, -0.1) is 0 Å².